The minimum absolute atomic E-state index is 0.0169. The van der Waals surface area contributed by atoms with E-state index in [1.165, 1.54) is 7.05 Å². The second-order valence-corrected chi connectivity index (χ2v) is 7.80. The van der Waals surface area contributed by atoms with Crippen LogP contribution in [0, 0.1) is 6.92 Å². The third-order valence-electron chi connectivity index (χ3n) is 4.62. The van der Waals surface area contributed by atoms with Gasteiger partial charge in [-0.05, 0) is 25.5 Å². The molecule has 0 fully saturated rings. The second-order valence-electron chi connectivity index (χ2n) is 6.78. The Morgan fingerprint density at radius 3 is 2.52 bits per heavy atom. The van der Waals surface area contributed by atoms with Gasteiger partial charge in [-0.3, -0.25) is 14.4 Å². The molecule has 0 atom stereocenters. The normalized spacial score (nSPS) is 10.5. The average molecular weight is 471 g/mol. The van der Waals surface area contributed by atoms with Crippen molar-refractivity contribution in [3.05, 3.63) is 62.3 Å². The number of rotatable bonds is 7. The number of anilines is 1. The summed E-state index contributed by atoms with van der Waals surface area (Å²) < 4.78 is 10.1. The van der Waals surface area contributed by atoms with Crippen LogP contribution in [0.25, 0.3) is 10.9 Å². The minimum atomic E-state index is -0.855. The van der Waals surface area contributed by atoms with Gasteiger partial charge in [-0.1, -0.05) is 18.2 Å². The van der Waals surface area contributed by atoms with E-state index in [4.69, 9.17) is 9.47 Å². The zero-order chi connectivity index (χ0) is 24.1. The highest BCUT2D eigenvalue weighted by molar-refractivity contribution is 7.18. The molecule has 33 heavy (non-hydrogen) atoms. The summed E-state index contributed by atoms with van der Waals surface area (Å²) in [5, 5.41) is 5.55. The monoisotopic (exact) mass is 471 g/mol. The molecule has 3 rings (SSSR count). The van der Waals surface area contributed by atoms with Crippen LogP contribution in [-0.4, -0.2) is 49.0 Å². The highest BCUT2D eigenvalue weighted by atomic mass is 32.1. The average Bonchev–Trinajstić information content (AvgIpc) is 3.12. The highest BCUT2D eigenvalue weighted by Gasteiger charge is 2.26. The number of esters is 2. The summed E-state index contributed by atoms with van der Waals surface area (Å²) in [5.74, 6) is -2.70. The van der Waals surface area contributed by atoms with Gasteiger partial charge in [0.05, 0.1) is 22.6 Å². The molecule has 0 radical (unpaired) electrons. The van der Waals surface area contributed by atoms with Gasteiger partial charge >= 0.3 is 11.9 Å². The third-order valence-corrected chi connectivity index (χ3v) is 5.82. The molecule has 3 aromatic rings. The molecular weight excluding hydrogens is 450 g/mol. The number of thiophene rings is 1. The first-order chi connectivity index (χ1) is 15.8. The standard InChI is InChI=1S/C22H21N3O7S/c1-4-31-22(30)17-11(2)18(19(28)23-3)33-20(17)25-16(27)10-32-21(29)13-9-15(26)24-14-8-6-5-7-12(13)14/h5-9H,4,10H2,1-3H3,(H,23,28)(H,24,26)(H,25,27). The number of benzene rings is 1. The zero-order valence-corrected chi connectivity index (χ0v) is 18.9. The Morgan fingerprint density at radius 2 is 1.82 bits per heavy atom. The molecule has 2 heterocycles. The summed E-state index contributed by atoms with van der Waals surface area (Å²) in [7, 11) is 1.45. The summed E-state index contributed by atoms with van der Waals surface area (Å²) in [6.45, 7) is 2.64. The SMILES string of the molecule is CCOC(=O)c1c(NC(=O)COC(=O)c2cc(=O)[nH]c3ccccc23)sc(C(=O)NC)c1C. The van der Waals surface area contributed by atoms with Crippen LogP contribution in [0.2, 0.25) is 0 Å². The molecule has 11 heteroatoms. The van der Waals surface area contributed by atoms with E-state index in [9.17, 15) is 24.0 Å². The van der Waals surface area contributed by atoms with Crippen LogP contribution in [0.3, 0.4) is 0 Å². The number of fused-ring (bicyclic) bond motifs is 1. The van der Waals surface area contributed by atoms with Crippen molar-refractivity contribution in [1.82, 2.24) is 10.3 Å². The fraction of sp³-hybridized carbons (Fsp3) is 0.227. The lowest BCUT2D eigenvalue weighted by Gasteiger charge is -2.09. The molecule has 1 aromatic carbocycles. The predicted molar refractivity (Wildman–Crippen MR) is 122 cm³/mol. The predicted octanol–water partition coefficient (Wildman–Crippen LogP) is 2.23. The van der Waals surface area contributed by atoms with Crippen molar-refractivity contribution in [2.24, 2.45) is 0 Å². The largest absolute Gasteiger partial charge is 0.462 e. The van der Waals surface area contributed by atoms with Crippen LogP contribution in [0.1, 0.15) is 42.9 Å². The molecule has 3 N–H and O–H groups in total. The topological polar surface area (TPSA) is 144 Å². The fourth-order valence-electron chi connectivity index (χ4n) is 3.13. The number of carbonyl (C=O) groups excluding carboxylic acids is 4. The molecule has 0 aliphatic rings. The van der Waals surface area contributed by atoms with E-state index < -0.39 is 35.9 Å². The molecule has 0 aliphatic heterocycles. The van der Waals surface area contributed by atoms with Gasteiger partial charge < -0.3 is 25.1 Å². The molecule has 172 valence electrons. The molecule has 0 unspecified atom stereocenters. The fourth-order valence-corrected chi connectivity index (χ4v) is 4.28. The lowest BCUT2D eigenvalue weighted by atomic mass is 10.1. The van der Waals surface area contributed by atoms with E-state index in [0.29, 0.717) is 16.5 Å². The van der Waals surface area contributed by atoms with Crippen LogP contribution >= 0.6 is 11.3 Å². The molecule has 0 aliphatic carbocycles. The smallest absolute Gasteiger partial charge is 0.341 e. The number of aromatic amines is 1. The maximum absolute atomic E-state index is 12.5. The Labute approximate surface area is 191 Å². The van der Waals surface area contributed by atoms with Crippen molar-refractivity contribution in [1.29, 1.82) is 0 Å². The van der Waals surface area contributed by atoms with Crippen LogP contribution in [0.5, 0.6) is 0 Å². The van der Waals surface area contributed by atoms with Crippen molar-refractivity contribution in [3.63, 3.8) is 0 Å². The van der Waals surface area contributed by atoms with Gasteiger partial charge in [-0.15, -0.1) is 11.3 Å². The Hall–Kier alpha value is -3.99. The van der Waals surface area contributed by atoms with Crippen LogP contribution in [-0.2, 0) is 14.3 Å². The summed E-state index contributed by atoms with van der Waals surface area (Å²) in [6, 6.07) is 7.78. The van der Waals surface area contributed by atoms with Gasteiger partial charge in [0, 0.05) is 24.0 Å². The number of ether oxygens (including phenoxy) is 2. The van der Waals surface area contributed by atoms with E-state index in [1.54, 1.807) is 38.1 Å². The van der Waals surface area contributed by atoms with E-state index in [2.05, 4.69) is 15.6 Å². The summed E-state index contributed by atoms with van der Waals surface area (Å²) >= 11 is 0.905. The lowest BCUT2D eigenvalue weighted by Crippen LogP contribution is -2.22. The van der Waals surface area contributed by atoms with Crippen LogP contribution in [0.4, 0.5) is 5.00 Å². The maximum atomic E-state index is 12.5. The quantitative estimate of drug-likeness (QED) is 0.448. The number of nitrogens with one attached hydrogen (secondary N) is 3. The third kappa shape index (κ3) is 5.09. The van der Waals surface area contributed by atoms with Crippen LogP contribution < -0.4 is 16.2 Å². The van der Waals surface area contributed by atoms with Crippen molar-refractivity contribution < 1.29 is 28.7 Å². The number of hydrogen-bond acceptors (Lipinski definition) is 8. The zero-order valence-electron chi connectivity index (χ0n) is 18.1. The molecule has 2 aromatic heterocycles. The van der Waals surface area contributed by atoms with E-state index in [1.807, 2.05) is 0 Å². The number of carbonyl (C=O) groups is 4. The number of pyridine rings is 1. The van der Waals surface area contributed by atoms with Crippen molar-refractivity contribution in [2.75, 3.05) is 25.6 Å². The molecule has 0 bridgehead atoms. The van der Waals surface area contributed by atoms with E-state index in [-0.39, 0.29) is 27.6 Å². The Balaban J connectivity index is 1.79. The van der Waals surface area contributed by atoms with Crippen molar-refractivity contribution in [3.8, 4) is 0 Å². The maximum Gasteiger partial charge on any atom is 0.341 e. The van der Waals surface area contributed by atoms with Crippen molar-refractivity contribution in [2.45, 2.75) is 13.8 Å². The number of para-hydroxylation sites is 1. The lowest BCUT2D eigenvalue weighted by molar-refractivity contribution is -0.119. The Bertz CT molecular complexity index is 1310. The van der Waals surface area contributed by atoms with Gasteiger partial charge in [-0.2, -0.15) is 0 Å². The first-order valence-electron chi connectivity index (χ1n) is 9.88. The number of H-pyrrole nitrogens is 1. The molecule has 2 amide bonds. The summed E-state index contributed by atoms with van der Waals surface area (Å²) in [5.41, 5.74) is 0.403. The second kappa shape index (κ2) is 10.1. The highest BCUT2D eigenvalue weighted by Crippen LogP contribution is 2.33. The molecule has 0 saturated carbocycles. The Morgan fingerprint density at radius 1 is 1.09 bits per heavy atom. The Kier molecular flexibility index (Phi) is 7.23. The number of amides is 2. The number of hydrogen-bond donors (Lipinski definition) is 3. The van der Waals surface area contributed by atoms with Gasteiger partial charge in [-0.25, -0.2) is 9.59 Å². The van der Waals surface area contributed by atoms with Gasteiger partial charge in [0.25, 0.3) is 11.8 Å². The van der Waals surface area contributed by atoms with Gasteiger partial charge in [0.2, 0.25) is 5.56 Å². The molecular formula is C22H21N3O7S. The van der Waals surface area contributed by atoms with E-state index in [0.717, 1.165) is 17.4 Å². The molecule has 0 spiro atoms. The molecule has 10 nitrogen and oxygen atoms in total. The van der Waals surface area contributed by atoms with Crippen LogP contribution in [0.15, 0.2) is 35.1 Å². The first-order valence-corrected chi connectivity index (χ1v) is 10.7. The van der Waals surface area contributed by atoms with Crippen molar-refractivity contribution >= 4 is 51.0 Å². The number of aromatic nitrogens is 1. The van der Waals surface area contributed by atoms with Gasteiger partial charge in [0.15, 0.2) is 6.61 Å². The minimum Gasteiger partial charge on any atom is -0.462 e. The summed E-state index contributed by atoms with van der Waals surface area (Å²) in [6.07, 6.45) is 0. The molecule has 0 saturated heterocycles. The first kappa shape index (κ1) is 23.7. The summed E-state index contributed by atoms with van der Waals surface area (Å²) in [4.78, 5) is 64.2. The van der Waals surface area contributed by atoms with Gasteiger partial charge in [0.1, 0.15) is 5.00 Å². The van der Waals surface area contributed by atoms with E-state index >= 15 is 0 Å².